The van der Waals surface area contributed by atoms with Crippen molar-refractivity contribution in [2.75, 3.05) is 25.6 Å². The van der Waals surface area contributed by atoms with Gasteiger partial charge in [-0.3, -0.25) is 0 Å². The van der Waals surface area contributed by atoms with Gasteiger partial charge in [0.25, 0.3) is 0 Å². The third kappa shape index (κ3) is 9.82. The molecule has 0 radical (unpaired) electrons. The van der Waals surface area contributed by atoms with Crippen LogP contribution in [0.1, 0.15) is 34.6 Å². The first-order valence-corrected chi connectivity index (χ1v) is 7.93. The van der Waals surface area contributed by atoms with Gasteiger partial charge in [0.2, 0.25) is 10.0 Å². The van der Waals surface area contributed by atoms with E-state index < -0.39 is 10.0 Å². The summed E-state index contributed by atoms with van der Waals surface area (Å²) in [6.07, 6.45) is 0.177. The van der Waals surface area contributed by atoms with Crippen LogP contribution < -0.4 is 5.14 Å². The smallest absolute Gasteiger partial charge is 0.209 e. The Labute approximate surface area is 111 Å². The van der Waals surface area contributed by atoms with E-state index in [1.165, 1.54) is 0 Å². The van der Waals surface area contributed by atoms with E-state index in [-0.39, 0.29) is 23.2 Å². The minimum Gasteiger partial charge on any atom is -0.379 e. The van der Waals surface area contributed by atoms with Crippen LogP contribution in [0.3, 0.4) is 0 Å². The second-order valence-electron chi connectivity index (χ2n) is 5.89. The van der Waals surface area contributed by atoms with E-state index >= 15 is 0 Å². The van der Waals surface area contributed by atoms with Crippen molar-refractivity contribution in [2.45, 2.75) is 40.7 Å². The van der Waals surface area contributed by atoms with Crippen LogP contribution in [0, 0.1) is 11.3 Å². The highest BCUT2D eigenvalue weighted by atomic mass is 32.2. The highest BCUT2D eigenvalue weighted by Gasteiger charge is 2.28. The SMILES string of the molecule is CC(C)OCCOCC(CS(N)(=O)=O)C(C)(C)C. The molecule has 5 nitrogen and oxygen atoms in total. The van der Waals surface area contributed by atoms with Crippen molar-refractivity contribution in [2.24, 2.45) is 16.5 Å². The number of nitrogens with two attached hydrogens (primary N) is 1. The normalized spacial score (nSPS) is 15.1. The van der Waals surface area contributed by atoms with E-state index in [0.29, 0.717) is 19.8 Å². The van der Waals surface area contributed by atoms with Gasteiger partial charge in [-0.15, -0.1) is 0 Å². The van der Waals surface area contributed by atoms with Crippen molar-refractivity contribution >= 4 is 10.0 Å². The average molecular weight is 281 g/mol. The fourth-order valence-electron chi connectivity index (χ4n) is 1.40. The first kappa shape index (κ1) is 17.8. The van der Waals surface area contributed by atoms with E-state index in [4.69, 9.17) is 14.6 Å². The van der Waals surface area contributed by atoms with Gasteiger partial charge in [0.05, 0.1) is 31.7 Å². The molecule has 0 bridgehead atoms. The summed E-state index contributed by atoms with van der Waals surface area (Å²) in [7, 11) is -3.47. The Bertz CT molecular complexity index is 319. The summed E-state index contributed by atoms with van der Waals surface area (Å²) < 4.78 is 33.1. The number of hydrogen-bond acceptors (Lipinski definition) is 4. The lowest BCUT2D eigenvalue weighted by atomic mass is 9.82. The Balaban J connectivity index is 4.12. The summed E-state index contributed by atoms with van der Waals surface area (Å²) in [5, 5.41) is 5.10. The van der Waals surface area contributed by atoms with Crippen LogP contribution in [0.4, 0.5) is 0 Å². The predicted octanol–water partition coefficient (Wildman–Crippen LogP) is 1.38. The summed E-state index contributed by atoms with van der Waals surface area (Å²) in [4.78, 5) is 0. The van der Waals surface area contributed by atoms with Gasteiger partial charge in [0, 0.05) is 5.92 Å². The number of sulfonamides is 1. The van der Waals surface area contributed by atoms with E-state index in [1.807, 2.05) is 34.6 Å². The van der Waals surface area contributed by atoms with Gasteiger partial charge in [-0.1, -0.05) is 20.8 Å². The highest BCUT2D eigenvalue weighted by Crippen LogP contribution is 2.27. The maximum absolute atomic E-state index is 11.2. The van der Waals surface area contributed by atoms with Crippen LogP contribution >= 0.6 is 0 Å². The van der Waals surface area contributed by atoms with Crippen LogP contribution in [-0.4, -0.2) is 40.1 Å². The molecule has 0 aromatic heterocycles. The summed E-state index contributed by atoms with van der Waals surface area (Å²) >= 11 is 0. The first-order valence-electron chi connectivity index (χ1n) is 6.22. The van der Waals surface area contributed by atoms with Gasteiger partial charge in [0.1, 0.15) is 0 Å². The van der Waals surface area contributed by atoms with Gasteiger partial charge in [0.15, 0.2) is 0 Å². The molecule has 0 aromatic rings. The molecule has 1 unspecified atom stereocenters. The number of primary sulfonamides is 1. The van der Waals surface area contributed by atoms with E-state index in [2.05, 4.69) is 0 Å². The molecule has 0 aliphatic heterocycles. The third-order valence-electron chi connectivity index (χ3n) is 2.66. The van der Waals surface area contributed by atoms with Gasteiger partial charge < -0.3 is 9.47 Å². The van der Waals surface area contributed by atoms with Gasteiger partial charge in [-0.2, -0.15) is 0 Å². The monoisotopic (exact) mass is 281 g/mol. The highest BCUT2D eigenvalue weighted by molar-refractivity contribution is 7.89. The van der Waals surface area contributed by atoms with Crippen LogP contribution in [0.2, 0.25) is 0 Å². The molecule has 0 spiro atoms. The lowest BCUT2D eigenvalue weighted by Gasteiger charge is -2.29. The van der Waals surface area contributed by atoms with E-state index in [9.17, 15) is 8.42 Å². The summed E-state index contributed by atoms with van der Waals surface area (Å²) in [6, 6.07) is 0. The predicted molar refractivity (Wildman–Crippen MR) is 72.8 cm³/mol. The van der Waals surface area contributed by atoms with Crippen molar-refractivity contribution in [1.29, 1.82) is 0 Å². The van der Waals surface area contributed by atoms with Crippen molar-refractivity contribution in [1.82, 2.24) is 0 Å². The summed E-state index contributed by atoms with van der Waals surface area (Å²) in [5.74, 6) is -0.173. The van der Waals surface area contributed by atoms with Gasteiger partial charge >= 0.3 is 0 Å². The zero-order valence-corrected chi connectivity index (χ0v) is 12.9. The molecule has 0 aromatic carbocycles. The minimum absolute atomic E-state index is 0.0540. The molecule has 0 aliphatic rings. The molecule has 6 heteroatoms. The minimum atomic E-state index is -3.47. The second kappa shape index (κ2) is 7.43. The van der Waals surface area contributed by atoms with Gasteiger partial charge in [-0.25, -0.2) is 13.6 Å². The van der Waals surface area contributed by atoms with Crippen molar-refractivity contribution in [3.8, 4) is 0 Å². The van der Waals surface area contributed by atoms with Gasteiger partial charge in [-0.05, 0) is 19.3 Å². The Kier molecular flexibility index (Phi) is 7.36. The quantitative estimate of drug-likeness (QED) is 0.682. The fourth-order valence-corrected chi connectivity index (χ4v) is 2.55. The standard InChI is InChI=1S/C12H27NO4S/c1-10(2)17-7-6-16-8-11(12(3,4)5)9-18(13,14)15/h10-11H,6-9H2,1-5H3,(H2,13,14,15). The van der Waals surface area contributed by atoms with E-state index in [0.717, 1.165) is 0 Å². The van der Waals surface area contributed by atoms with Crippen LogP contribution in [0.15, 0.2) is 0 Å². The lowest BCUT2D eigenvalue weighted by molar-refractivity contribution is -0.0000700. The maximum atomic E-state index is 11.2. The molecule has 0 saturated heterocycles. The number of ether oxygens (including phenoxy) is 2. The maximum Gasteiger partial charge on any atom is 0.209 e. The molecule has 18 heavy (non-hydrogen) atoms. The summed E-state index contributed by atoms with van der Waals surface area (Å²) in [6.45, 7) is 11.2. The molecule has 0 heterocycles. The molecular formula is C12H27NO4S. The third-order valence-corrected chi connectivity index (χ3v) is 3.52. The molecule has 0 fully saturated rings. The molecule has 0 aliphatic carbocycles. The molecule has 0 amide bonds. The lowest BCUT2D eigenvalue weighted by Crippen LogP contribution is -2.35. The summed E-state index contributed by atoms with van der Waals surface area (Å²) in [5.41, 5.74) is -0.161. The van der Waals surface area contributed by atoms with Crippen molar-refractivity contribution in [3.05, 3.63) is 0 Å². The Morgan fingerprint density at radius 2 is 1.72 bits per heavy atom. The molecule has 1 atom stereocenters. The average Bonchev–Trinajstić information content (AvgIpc) is 2.11. The number of hydrogen-bond donors (Lipinski definition) is 1. The van der Waals surface area contributed by atoms with Crippen LogP contribution in [0.5, 0.6) is 0 Å². The fraction of sp³-hybridized carbons (Fsp3) is 1.00. The van der Waals surface area contributed by atoms with Crippen molar-refractivity contribution < 1.29 is 17.9 Å². The van der Waals surface area contributed by atoms with Crippen LogP contribution in [-0.2, 0) is 19.5 Å². The Morgan fingerprint density at radius 1 is 1.17 bits per heavy atom. The molecular weight excluding hydrogens is 254 g/mol. The topological polar surface area (TPSA) is 78.6 Å². The van der Waals surface area contributed by atoms with Crippen molar-refractivity contribution in [3.63, 3.8) is 0 Å². The largest absolute Gasteiger partial charge is 0.379 e. The molecule has 0 saturated carbocycles. The Hall–Kier alpha value is -0.170. The second-order valence-corrected chi connectivity index (χ2v) is 7.55. The zero-order valence-electron chi connectivity index (χ0n) is 12.1. The molecule has 2 N–H and O–H groups in total. The first-order chi connectivity index (χ1) is 8.02. The number of rotatable bonds is 8. The molecule has 0 rings (SSSR count). The Morgan fingerprint density at radius 3 is 2.11 bits per heavy atom. The van der Waals surface area contributed by atoms with E-state index in [1.54, 1.807) is 0 Å². The van der Waals surface area contributed by atoms with Crippen LogP contribution in [0.25, 0.3) is 0 Å². The molecule has 110 valence electrons. The zero-order chi connectivity index (χ0) is 14.4.